The molecule has 0 spiro atoms. The fourth-order valence-corrected chi connectivity index (χ4v) is 6.11. The van der Waals surface area contributed by atoms with Gasteiger partial charge in [0, 0.05) is 0 Å². The first-order valence-electron chi connectivity index (χ1n) is 8.96. The number of amides is 1. The highest BCUT2D eigenvalue weighted by molar-refractivity contribution is 5.86. The maximum Gasteiger partial charge on any atom is 0.226 e. The van der Waals surface area contributed by atoms with Gasteiger partial charge in [-0.05, 0) is 68.3 Å². The molecular formula is C20H24NO3-. The summed E-state index contributed by atoms with van der Waals surface area (Å²) in [5.74, 6) is -0.124. The van der Waals surface area contributed by atoms with Crippen LogP contribution in [0.3, 0.4) is 0 Å². The molecule has 1 aromatic carbocycles. The number of carboxylic acids is 1. The second-order valence-corrected chi connectivity index (χ2v) is 8.44. The fraction of sp³-hybridized carbons (Fsp3) is 0.600. The van der Waals surface area contributed by atoms with Gasteiger partial charge in [0.2, 0.25) is 5.91 Å². The maximum atomic E-state index is 12.8. The van der Waals surface area contributed by atoms with Crippen molar-refractivity contribution in [3.63, 3.8) is 0 Å². The van der Waals surface area contributed by atoms with E-state index in [1.807, 2.05) is 0 Å². The van der Waals surface area contributed by atoms with Crippen molar-refractivity contribution in [2.75, 3.05) is 6.54 Å². The molecule has 0 saturated heterocycles. The molecule has 5 rings (SSSR count). The quantitative estimate of drug-likeness (QED) is 0.915. The second kappa shape index (κ2) is 5.33. The molecule has 1 N–H and O–H groups in total. The Morgan fingerprint density at radius 3 is 2.33 bits per heavy atom. The molecule has 4 bridgehead atoms. The lowest BCUT2D eigenvalue weighted by molar-refractivity contribution is -0.304. The van der Waals surface area contributed by atoms with Crippen molar-refractivity contribution in [1.82, 2.24) is 5.32 Å². The van der Waals surface area contributed by atoms with Crippen molar-refractivity contribution >= 4 is 11.9 Å². The zero-order chi connectivity index (χ0) is 16.9. The van der Waals surface area contributed by atoms with E-state index in [-0.39, 0.29) is 23.3 Å². The summed E-state index contributed by atoms with van der Waals surface area (Å²) >= 11 is 0. The molecule has 128 valence electrons. The van der Waals surface area contributed by atoms with Crippen molar-refractivity contribution in [3.05, 3.63) is 35.4 Å². The van der Waals surface area contributed by atoms with Gasteiger partial charge in [-0.15, -0.1) is 0 Å². The van der Waals surface area contributed by atoms with Gasteiger partial charge < -0.3 is 15.2 Å². The summed E-state index contributed by atoms with van der Waals surface area (Å²) in [4.78, 5) is 23.5. The number of aliphatic carboxylic acids is 1. The number of hydrogen-bond donors (Lipinski definition) is 1. The molecule has 4 nitrogen and oxygen atoms in total. The van der Waals surface area contributed by atoms with Crippen LogP contribution in [0.5, 0.6) is 0 Å². The summed E-state index contributed by atoms with van der Waals surface area (Å²) < 4.78 is 0. The van der Waals surface area contributed by atoms with Crippen LogP contribution in [0.25, 0.3) is 0 Å². The number of nitrogens with one attached hydrogen (secondary N) is 1. The van der Waals surface area contributed by atoms with E-state index in [2.05, 4.69) is 36.5 Å². The fourth-order valence-electron chi connectivity index (χ4n) is 6.11. The first kappa shape index (κ1) is 15.7. The van der Waals surface area contributed by atoms with E-state index in [0.29, 0.717) is 11.8 Å². The molecule has 4 fully saturated rings. The Kier molecular flexibility index (Phi) is 3.48. The zero-order valence-corrected chi connectivity index (χ0v) is 14.1. The van der Waals surface area contributed by atoms with Crippen molar-refractivity contribution in [3.8, 4) is 0 Å². The lowest BCUT2D eigenvalue weighted by Crippen LogP contribution is -2.59. The van der Waals surface area contributed by atoms with Gasteiger partial charge in [-0.25, -0.2) is 0 Å². The first-order chi connectivity index (χ1) is 11.4. The van der Waals surface area contributed by atoms with Crippen LogP contribution >= 0.6 is 0 Å². The average Bonchev–Trinajstić information content (AvgIpc) is 2.51. The van der Waals surface area contributed by atoms with E-state index in [0.717, 1.165) is 19.3 Å². The van der Waals surface area contributed by atoms with Crippen LogP contribution in [0.2, 0.25) is 0 Å². The van der Waals surface area contributed by atoms with Crippen LogP contribution < -0.4 is 10.4 Å². The second-order valence-electron chi connectivity index (χ2n) is 8.44. The van der Waals surface area contributed by atoms with Crippen LogP contribution in [-0.2, 0) is 15.0 Å². The number of carbonyl (C=O) groups is 2. The third-order valence-corrected chi connectivity index (χ3v) is 6.60. The molecule has 4 aliphatic carbocycles. The SMILES string of the molecule is Cc1ccc(C23CC4CC(CC(C(=O)NCC(=O)[O-])(C4)C2)C3)cc1. The predicted octanol–water partition coefficient (Wildman–Crippen LogP) is 1.70. The Balaban J connectivity index is 1.65. The molecular weight excluding hydrogens is 302 g/mol. The van der Waals surface area contributed by atoms with Crippen LogP contribution in [0.15, 0.2) is 24.3 Å². The molecule has 0 aliphatic heterocycles. The van der Waals surface area contributed by atoms with Crippen molar-refractivity contribution in [1.29, 1.82) is 0 Å². The first-order valence-corrected chi connectivity index (χ1v) is 8.96. The van der Waals surface area contributed by atoms with Crippen molar-refractivity contribution < 1.29 is 14.7 Å². The summed E-state index contributed by atoms with van der Waals surface area (Å²) in [6.45, 7) is 1.71. The smallest absolute Gasteiger partial charge is 0.226 e. The number of benzene rings is 1. The van der Waals surface area contributed by atoms with Gasteiger partial charge >= 0.3 is 0 Å². The number of rotatable bonds is 4. The summed E-state index contributed by atoms with van der Waals surface area (Å²) in [5, 5.41) is 13.3. The van der Waals surface area contributed by atoms with Gasteiger partial charge in [-0.1, -0.05) is 29.8 Å². The minimum atomic E-state index is -1.22. The lowest BCUT2D eigenvalue weighted by Gasteiger charge is -2.61. The van der Waals surface area contributed by atoms with Crippen molar-refractivity contribution in [2.45, 2.75) is 50.9 Å². The number of carboxylic acid groups (broad SMARTS) is 1. The highest BCUT2D eigenvalue weighted by Gasteiger charge is 2.60. The highest BCUT2D eigenvalue weighted by Crippen LogP contribution is 2.65. The average molecular weight is 326 g/mol. The standard InChI is InChI=1S/C20H25NO3/c1-13-2-4-16(5-3-13)19-7-14-6-15(8-19)10-20(9-14,12-19)18(24)21-11-17(22)23/h2-5,14-15H,6-12H2,1H3,(H,21,24)(H,22,23)/p-1. The summed E-state index contributed by atoms with van der Waals surface area (Å²) in [6, 6.07) is 8.79. The van der Waals surface area contributed by atoms with E-state index in [1.165, 1.54) is 30.4 Å². The minimum Gasteiger partial charge on any atom is -0.548 e. The van der Waals surface area contributed by atoms with Crippen LogP contribution in [0.1, 0.15) is 49.7 Å². The lowest BCUT2D eigenvalue weighted by atomic mass is 9.42. The minimum absolute atomic E-state index is 0.0720. The largest absolute Gasteiger partial charge is 0.548 e. The molecule has 24 heavy (non-hydrogen) atoms. The van der Waals surface area contributed by atoms with Gasteiger partial charge in [-0.2, -0.15) is 0 Å². The van der Waals surface area contributed by atoms with Gasteiger partial charge in [0.25, 0.3) is 0 Å². The Hall–Kier alpha value is -1.84. The molecule has 1 aromatic rings. The van der Waals surface area contributed by atoms with E-state index in [4.69, 9.17) is 0 Å². The molecule has 4 aliphatic rings. The van der Waals surface area contributed by atoms with E-state index >= 15 is 0 Å². The third-order valence-electron chi connectivity index (χ3n) is 6.60. The summed E-state index contributed by atoms with van der Waals surface area (Å²) in [6.07, 6.45) is 6.24. The predicted molar refractivity (Wildman–Crippen MR) is 88.0 cm³/mol. The third kappa shape index (κ3) is 2.43. The molecule has 4 heteroatoms. The van der Waals surface area contributed by atoms with Gasteiger partial charge in [-0.3, -0.25) is 4.79 Å². The Labute approximate surface area is 142 Å². The van der Waals surface area contributed by atoms with E-state index < -0.39 is 5.97 Å². The van der Waals surface area contributed by atoms with Crippen LogP contribution in [-0.4, -0.2) is 18.4 Å². The molecule has 2 atom stereocenters. The van der Waals surface area contributed by atoms with Gasteiger partial charge in [0.1, 0.15) is 0 Å². The number of hydrogen-bond acceptors (Lipinski definition) is 3. The molecule has 2 unspecified atom stereocenters. The molecule has 4 saturated carbocycles. The number of carbonyl (C=O) groups excluding carboxylic acids is 2. The maximum absolute atomic E-state index is 12.8. The topological polar surface area (TPSA) is 69.2 Å². The molecule has 0 heterocycles. The van der Waals surface area contributed by atoms with Gasteiger partial charge in [0.05, 0.1) is 17.9 Å². The molecule has 1 amide bonds. The number of aryl methyl sites for hydroxylation is 1. The zero-order valence-electron chi connectivity index (χ0n) is 14.1. The summed E-state index contributed by atoms with van der Waals surface area (Å²) in [5.41, 5.74) is 2.32. The van der Waals surface area contributed by atoms with Crippen LogP contribution in [0, 0.1) is 24.2 Å². The van der Waals surface area contributed by atoms with E-state index in [9.17, 15) is 14.7 Å². The van der Waals surface area contributed by atoms with Gasteiger partial charge in [0.15, 0.2) is 0 Å². The normalized spacial score (nSPS) is 36.5. The highest BCUT2D eigenvalue weighted by atomic mass is 16.4. The molecule has 0 aromatic heterocycles. The van der Waals surface area contributed by atoms with Crippen LogP contribution in [0.4, 0.5) is 0 Å². The Morgan fingerprint density at radius 2 is 1.75 bits per heavy atom. The van der Waals surface area contributed by atoms with Crippen molar-refractivity contribution in [2.24, 2.45) is 17.3 Å². The van der Waals surface area contributed by atoms with E-state index in [1.54, 1.807) is 0 Å². The molecule has 0 radical (unpaired) electrons. The Bertz CT molecular complexity index is 665. The Morgan fingerprint density at radius 1 is 1.12 bits per heavy atom. The summed E-state index contributed by atoms with van der Waals surface area (Å²) in [7, 11) is 0. The monoisotopic (exact) mass is 326 g/mol.